The smallest absolute Gasteiger partial charge is 0.371 e. The number of nitrogens with two attached hydrogens (primary N) is 1. The Kier molecular flexibility index (Phi) is 16.2. The van der Waals surface area contributed by atoms with E-state index in [9.17, 15) is 24.3 Å². The van der Waals surface area contributed by atoms with Crippen LogP contribution >= 0.6 is 0 Å². The fourth-order valence-electron chi connectivity index (χ4n) is 7.67. The van der Waals surface area contributed by atoms with Crippen LogP contribution in [0.3, 0.4) is 0 Å². The predicted octanol–water partition coefficient (Wildman–Crippen LogP) is 9.85. The third kappa shape index (κ3) is 11.9. The number of rotatable bonds is 10. The number of para-hydroxylation sites is 2. The summed E-state index contributed by atoms with van der Waals surface area (Å²) < 4.78 is 3.54. The molecule has 2 fully saturated rings. The molecule has 0 atom stereocenters. The number of aldehydes is 1. The van der Waals surface area contributed by atoms with E-state index in [1.807, 2.05) is 91.0 Å². The minimum Gasteiger partial charge on any atom is -0.477 e. The van der Waals surface area contributed by atoms with Gasteiger partial charge in [-0.05, 0) is 115 Å². The fourth-order valence-corrected chi connectivity index (χ4v) is 7.67. The second-order valence-electron chi connectivity index (χ2n) is 16.7. The zero-order valence-corrected chi connectivity index (χ0v) is 38.2. The van der Waals surface area contributed by atoms with Crippen molar-refractivity contribution in [3.05, 3.63) is 144 Å². The van der Waals surface area contributed by atoms with Crippen molar-refractivity contribution in [2.75, 3.05) is 41.7 Å². The van der Waals surface area contributed by atoms with Crippen LogP contribution in [0.1, 0.15) is 104 Å². The van der Waals surface area contributed by atoms with Gasteiger partial charge in [-0.3, -0.25) is 9.59 Å². The molecule has 14 nitrogen and oxygen atoms in total. The third-order valence-corrected chi connectivity index (χ3v) is 11.2. The van der Waals surface area contributed by atoms with Gasteiger partial charge in [0, 0.05) is 56.1 Å². The molecular weight excluding hydrogens is 833 g/mol. The van der Waals surface area contributed by atoms with Crippen LogP contribution < -0.4 is 15.5 Å². The molecular formula is C52H58N8O6. The van der Waals surface area contributed by atoms with E-state index >= 15 is 0 Å². The molecule has 0 aliphatic carbocycles. The molecule has 0 bridgehead atoms. The number of nitrogen functional groups attached to an aromatic ring is 1. The van der Waals surface area contributed by atoms with Gasteiger partial charge in [-0.1, -0.05) is 76.2 Å². The van der Waals surface area contributed by atoms with Crippen LogP contribution in [0.25, 0.3) is 33.5 Å². The van der Waals surface area contributed by atoms with E-state index in [1.165, 1.54) is 37.1 Å². The van der Waals surface area contributed by atoms with Crippen LogP contribution in [0.5, 0.6) is 0 Å². The number of carbonyl (C=O) groups excluding carboxylic acids is 2. The molecule has 7 aromatic rings. The number of carboxylic acids is 2. The number of aliphatic carboxylic acids is 1. The number of carbonyl (C=O) groups is 4. The Morgan fingerprint density at radius 1 is 0.636 bits per heavy atom. The zero-order valence-electron chi connectivity index (χ0n) is 38.2. The maximum absolute atomic E-state index is 11.9. The molecule has 66 heavy (non-hydrogen) atoms. The van der Waals surface area contributed by atoms with E-state index < -0.39 is 17.7 Å². The minimum atomic E-state index is -1.38. The highest BCUT2D eigenvalue weighted by Gasteiger charge is 2.23. The molecule has 342 valence electrons. The van der Waals surface area contributed by atoms with Crippen molar-refractivity contribution in [3.8, 4) is 22.5 Å². The molecule has 0 unspecified atom stereocenters. The molecule has 14 heteroatoms. The zero-order chi connectivity index (χ0) is 47.3. The lowest BCUT2D eigenvalue weighted by atomic mass is 9.97. The number of nitrogens with zero attached hydrogens (tertiary/aromatic N) is 7. The first-order valence-corrected chi connectivity index (χ1v) is 22.3. The molecule has 5 heterocycles. The first-order valence-electron chi connectivity index (χ1n) is 22.3. The van der Waals surface area contributed by atoms with Crippen molar-refractivity contribution in [3.63, 3.8) is 0 Å². The van der Waals surface area contributed by atoms with Gasteiger partial charge in [-0.2, -0.15) is 10.2 Å². The van der Waals surface area contributed by atoms with Crippen molar-refractivity contribution in [1.82, 2.24) is 24.5 Å². The van der Waals surface area contributed by atoms with Gasteiger partial charge in [0.05, 0.1) is 28.1 Å². The average Bonchev–Trinajstić information content (AvgIpc) is 4.18. The molecule has 4 N–H and O–H groups in total. The Labute approximate surface area is 385 Å². The highest BCUT2D eigenvalue weighted by Crippen LogP contribution is 2.36. The summed E-state index contributed by atoms with van der Waals surface area (Å²) in [5, 5.41) is 27.7. The molecule has 0 spiro atoms. The molecule has 2 saturated heterocycles. The summed E-state index contributed by atoms with van der Waals surface area (Å²) in [6.45, 7) is 13.9. The monoisotopic (exact) mass is 890 g/mol. The summed E-state index contributed by atoms with van der Waals surface area (Å²) in [5.74, 6) is -2.01. The number of aromatic nitrogens is 5. The number of carboxylic acid groups (broad SMARTS) is 2. The summed E-state index contributed by atoms with van der Waals surface area (Å²) in [5.41, 5.74) is 15.3. The molecule has 2 aliphatic rings. The van der Waals surface area contributed by atoms with Crippen LogP contribution in [0.4, 0.5) is 17.2 Å². The lowest BCUT2D eigenvalue weighted by Crippen LogP contribution is -2.17. The number of fused-ring (bicyclic) bond motifs is 1. The molecule has 0 radical (unpaired) electrons. The molecule has 0 saturated carbocycles. The Morgan fingerprint density at radius 2 is 1.12 bits per heavy atom. The maximum atomic E-state index is 11.9. The van der Waals surface area contributed by atoms with Crippen molar-refractivity contribution >= 4 is 52.2 Å². The summed E-state index contributed by atoms with van der Waals surface area (Å²) >= 11 is 0. The number of anilines is 3. The van der Waals surface area contributed by atoms with Gasteiger partial charge < -0.3 is 25.7 Å². The van der Waals surface area contributed by atoms with E-state index in [2.05, 4.69) is 71.8 Å². The Morgan fingerprint density at radius 3 is 1.55 bits per heavy atom. The summed E-state index contributed by atoms with van der Waals surface area (Å²) in [6, 6.07) is 39.5. The second-order valence-corrected chi connectivity index (χ2v) is 16.7. The van der Waals surface area contributed by atoms with Gasteiger partial charge in [0.2, 0.25) is 5.78 Å². The summed E-state index contributed by atoms with van der Waals surface area (Å²) in [4.78, 5) is 50.5. The van der Waals surface area contributed by atoms with Crippen molar-refractivity contribution in [2.45, 2.75) is 72.1 Å². The van der Waals surface area contributed by atoms with Gasteiger partial charge in [0.1, 0.15) is 12.1 Å². The van der Waals surface area contributed by atoms with Gasteiger partial charge >= 0.3 is 11.9 Å². The van der Waals surface area contributed by atoms with Gasteiger partial charge in [-0.25, -0.2) is 23.9 Å². The van der Waals surface area contributed by atoms with E-state index in [-0.39, 0.29) is 11.6 Å². The molecule has 2 aliphatic heterocycles. The number of Topliss-reactive ketones (excluding diaryl/α,β-unsaturated/α-hetero) is 1. The summed E-state index contributed by atoms with van der Waals surface area (Å²) in [7, 11) is 0. The largest absolute Gasteiger partial charge is 0.477 e. The number of hydrogen-bond acceptors (Lipinski definition) is 10. The second kappa shape index (κ2) is 22.3. The van der Waals surface area contributed by atoms with Gasteiger partial charge in [-0.15, -0.1) is 0 Å². The Bertz CT molecular complexity index is 2710. The molecule has 3 aromatic heterocycles. The van der Waals surface area contributed by atoms with Crippen LogP contribution in [0, 0.1) is 0 Å². The topological polar surface area (TPSA) is 190 Å². The van der Waals surface area contributed by atoms with Crippen LogP contribution in [0.2, 0.25) is 0 Å². The van der Waals surface area contributed by atoms with E-state index in [0.717, 1.165) is 84.2 Å². The van der Waals surface area contributed by atoms with Crippen molar-refractivity contribution in [1.29, 1.82) is 0 Å². The Hall–Kier alpha value is -7.61. The molecule has 4 aromatic carbocycles. The highest BCUT2D eigenvalue weighted by atomic mass is 16.4. The Balaban J connectivity index is 0.000000174. The number of benzene rings is 4. The van der Waals surface area contributed by atoms with E-state index in [0.29, 0.717) is 17.4 Å². The molecule has 0 amide bonds. The van der Waals surface area contributed by atoms with Crippen LogP contribution in [-0.4, -0.2) is 84.9 Å². The van der Waals surface area contributed by atoms with E-state index in [1.54, 1.807) is 15.4 Å². The van der Waals surface area contributed by atoms with E-state index in [4.69, 9.17) is 15.9 Å². The standard InChI is InChI=1S/C26H26N4O2.C12H15N3.C11H13NO.C3H4O3/c1-17(2)24-23-21(18-10-12-19(13-11-18)29-14-6-7-15-29)16-22(26(31)32)27-25(23)30(28-24)20-8-4-3-5-9-20;1-9(2)11-8-12(13)15(14-11)10-6-4-3-5-7-10;13-9-10-3-5-11(6-4-10)12-7-1-2-8-12;1-2(4)3(5)6/h3-5,8-13,16-17H,6-7,14-15H2,1-2H3,(H,31,32);3-9H,13H2,1-2H3;3-6,9H,1-2,7-8H2;1H3,(H,5,6). The van der Waals surface area contributed by atoms with Crippen molar-refractivity contribution < 1.29 is 29.4 Å². The fraction of sp³-hybridized carbons (Fsp3) is 0.288. The lowest BCUT2D eigenvalue weighted by Gasteiger charge is -2.18. The summed E-state index contributed by atoms with van der Waals surface area (Å²) in [6.07, 6.45) is 5.91. The number of pyridine rings is 1. The van der Waals surface area contributed by atoms with Gasteiger partial charge in [0.25, 0.3) is 0 Å². The van der Waals surface area contributed by atoms with Gasteiger partial charge in [0.15, 0.2) is 11.3 Å². The SMILES string of the molecule is CC(=O)C(=O)O.CC(C)c1cc(N)n(-c2ccccc2)n1.CC(C)c1nn(-c2ccccc2)c2nc(C(=O)O)cc(-c3ccc(N4CCCC4)cc3)c12.O=Cc1ccc(N2CCCC2)cc1. The number of aromatic carboxylic acids is 1. The number of ketones is 1. The predicted molar refractivity (Wildman–Crippen MR) is 260 cm³/mol. The van der Waals surface area contributed by atoms with Crippen LogP contribution in [-0.2, 0) is 9.59 Å². The molecule has 9 rings (SSSR count). The quantitative estimate of drug-likeness (QED) is 0.0872. The highest BCUT2D eigenvalue weighted by molar-refractivity contribution is 6.31. The third-order valence-electron chi connectivity index (χ3n) is 11.2. The maximum Gasteiger partial charge on any atom is 0.371 e. The van der Waals surface area contributed by atoms with Crippen LogP contribution in [0.15, 0.2) is 121 Å². The number of hydrogen-bond donors (Lipinski definition) is 3. The first-order chi connectivity index (χ1) is 31.7. The van der Waals surface area contributed by atoms with Crippen molar-refractivity contribution in [2.24, 2.45) is 0 Å². The lowest BCUT2D eigenvalue weighted by molar-refractivity contribution is -0.148. The first kappa shape index (κ1) is 47.9. The normalized spacial score (nSPS) is 13.1. The minimum absolute atomic E-state index is 0.0171. The average molecular weight is 891 g/mol.